The Bertz CT molecular complexity index is 1720. The smallest absolute Gasteiger partial charge is 0.385 e. The monoisotopic (exact) mass is 750 g/mol. The summed E-state index contributed by atoms with van der Waals surface area (Å²) in [5.41, 5.74) is -2.27. The number of nitrogens with one attached hydrogen (secondary N) is 2. The number of halogens is 6. The van der Waals surface area contributed by atoms with Gasteiger partial charge in [0, 0.05) is 46.8 Å². The standard InChI is InChI=1S/C40H48ClF5N2O4/c1-24(48-28-11-9-27(41)10-12-28)47-20-25-5-7-26(8-6-25)30-19-35(4)31(15-18-38(35,50)39(42,43)40(44,45)46)29-13-16-36(49)21-37(17-14-32(36)33(29)30)51-22-34(2,3)23-52-37/h5-12,29-31,47-50H,1,13-23H2,2-4H3/t29?,30-,31?,35?,36?,38+/m1/s1. The molecule has 4 fully saturated rings. The van der Waals surface area contributed by atoms with Crippen LogP contribution < -0.4 is 10.6 Å². The van der Waals surface area contributed by atoms with Crippen LogP contribution in [0.2, 0.25) is 5.02 Å². The molecule has 0 amide bonds. The first-order valence-electron chi connectivity index (χ1n) is 18.2. The third kappa shape index (κ3) is 6.16. The highest BCUT2D eigenvalue weighted by Gasteiger charge is 2.79. The van der Waals surface area contributed by atoms with Crippen molar-refractivity contribution in [3.63, 3.8) is 0 Å². The Labute approximate surface area is 306 Å². The summed E-state index contributed by atoms with van der Waals surface area (Å²) in [6.07, 6.45) is -4.76. The second-order valence-electron chi connectivity index (χ2n) is 16.9. The van der Waals surface area contributed by atoms with Crippen molar-refractivity contribution >= 4 is 17.3 Å². The van der Waals surface area contributed by atoms with Crippen LogP contribution in [0, 0.1) is 22.7 Å². The molecule has 1 spiro atoms. The van der Waals surface area contributed by atoms with Crippen molar-refractivity contribution in [2.45, 2.75) is 114 Å². The van der Waals surface area contributed by atoms with Crippen LogP contribution in [0.15, 0.2) is 72.1 Å². The average molecular weight is 751 g/mol. The van der Waals surface area contributed by atoms with E-state index in [2.05, 4.69) is 31.1 Å². The summed E-state index contributed by atoms with van der Waals surface area (Å²) in [6.45, 7) is 11.0. The van der Waals surface area contributed by atoms with Crippen LogP contribution in [0.25, 0.3) is 0 Å². The van der Waals surface area contributed by atoms with Gasteiger partial charge in [0.2, 0.25) is 0 Å². The molecule has 6 atom stereocenters. The van der Waals surface area contributed by atoms with Gasteiger partial charge >= 0.3 is 12.1 Å². The molecule has 12 heteroatoms. The van der Waals surface area contributed by atoms with Crippen LogP contribution in [0.1, 0.15) is 89.2 Å². The number of hydrogen-bond acceptors (Lipinski definition) is 6. The number of fused-ring (bicyclic) bond motifs is 4. The lowest BCUT2D eigenvalue weighted by Crippen LogP contribution is -2.65. The first-order valence-corrected chi connectivity index (χ1v) is 18.5. The topological polar surface area (TPSA) is 83.0 Å². The largest absolute Gasteiger partial charge is 0.456 e. The summed E-state index contributed by atoms with van der Waals surface area (Å²) < 4.78 is 85.6. The van der Waals surface area contributed by atoms with Crippen LogP contribution in [-0.4, -0.2) is 52.5 Å². The molecule has 0 aromatic heterocycles. The van der Waals surface area contributed by atoms with Crippen LogP contribution in [0.3, 0.4) is 0 Å². The van der Waals surface area contributed by atoms with Crippen molar-refractivity contribution in [1.29, 1.82) is 0 Å². The number of ether oxygens (including phenoxy) is 2. The number of rotatable bonds is 7. The van der Waals surface area contributed by atoms with Crippen molar-refractivity contribution in [1.82, 2.24) is 5.32 Å². The summed E-state index contributed by atoms with van der Waals surface area (Å²) in [4.78, 5) is 0. The fourth-order valence-electron chi connectivity index (χ4n) is 10.1. The molecule has 7 rings (SSSR count). The van der Waals surface area contributed by atoms with Crippen molar-refractivity contribution in [2.24, 2.45) is 22.7 Å². The highest BCUT2D eigenvalue weighted by molar-refractivity contribution is 6.30. The van der Waals surface area contributed by atoms with Crippen molar-refractivity contribution < 1.29 is 41.6 Å². The van der Waals surface area contributed by atoms with Gasteiger partial charge in [0.1, 0.15) is 5.60 Å². The molecule has 0 radical (unpaired) electrons. The molecule has 284 valence electrons. The summed E-state index contributed by atoms with van der Waals surface area (Å²) in [7, 11) is 0. The number of aliphatic hydroxyl groups is 2. The maximum Gasteiger partial charge on any atom is 0.456 e. The second-order valence-corrected chi connectivity index (χ2v) is 17.3. The predicted octanol–water partition coefficient (Wildman–Crippen LogP) is 9.24. The first kappa shape index (κ1) is 37.6. The number of alkyl halides is 5. The Balaban J connectivity index is 1.21. The zero-order valence-corrected chi connectivity index (χ0v) is 30.6. The lowest BCUT2D eigenvalue weighted by atomic mass is 9.49. The van der Waals surface area contributed by atoms with Gasteiger partial charge in [-0.05, 0) is 91.3 Å². The van der Waals surface area contributed by atoms with Crippen LogP contribution in [0.5, 0.6) is 0 Å². The molecule has 2 aromatic rings. The molecule has 5 aliphatic rings. The van der Waals surface area contributed by atoms with Gasteiger partial charge in [-0.2, -0.15) is 22.0 Å². The SMILES string of the molecule is C=C(NCc1ccc([C@H]2CC3(C)C(CC[C@@]3(O)C(F)(F)C(F)(F)F)C3CCC4(O)CC5(CCC4=C32)OCC(C)(C)CO5)cc1)Nc1ccc(Cl)cc1. The van der Waals surface area contributed by atoms with Gasteiger partial charge in [-0.15, -0.1) is 0 Å². The Morgan fingerprint density at radius 1 is 0.923 bits per heavy atom. The molecule has 2 aromatic carbocycles. The number of benzene rings is 2. The van der Waals surface area contributed by atoms with Gasteiger partial charge in [-0.3, -0.25) is 0 Å². The molecule has 6 nitrogen and oxygen atoms in total. The Morgan fingerprint density at radius 2 is 1.58 bits per heavy atom. The molecule has 4 unspecified atom stereocenters. The molecule has 1 saturated heterocycles. The zero-order valence-electron chi connectivity index (χ0n) is 29.8. The van der Waals surface area contributed by atoms with E-state index in [4.69, 9.17) is 21.1 Å². The normalized spacial score (nSPS) is 33.9. The van der Waals surface area contributed by atoms with E-state index in [1.165, 1.54) is 6.92 Å². The van der Waals surface area contributed by atoms with Gasteiger partial charge in [0.25, 0.3) is 0 Å². The summed E-state index contributed by atoms with van der Waals surface area (Å²) in [5, 5.41) is 31.1. The average Bonchev–Trinajstić information content (AvgIpc) is 3.36. The van der Waals surface area contributed by atoms with Crippen LogP contribution in [-0.2, 0) is 16.0 Å². The summed E-state index contributed by atoms with van der Waals surface area (Å²) in [6, 6.07) is 14.7. The van der Waals surface area contributed by atoms with Crippen molar-refractivity contribution in [3.8, 4) is 0 Å². The lowest BCUT2D eigenvalue weighted by Gasteiger charge is -2.59. The maximum absolute atomic E-state index is 15.5. The number of hydrogen-bond donors (Lipinski definition) is 4. The summed E-state index contributed by atoms with van der Waals surface area (Å²) >= 11 is 5.98. The third-order valence-electron chi connectivity index (χ3n) is 12.9. The highest BCUT2D eigenvalue weighted by atomic mass is 35.5. The predicted molar refractivity (Wildman–Crippen MR) is 189 cm³/mol. The molecule has 4 N–H and O–H groups in total. The van der Waals surface area contributed by atoms with E-state index in [9.17, 15) is 23.4 Å². The van der Waals surface area contributed by atoms with Gasteiger partial charge < -0.3 is 30.3 Å². The van der Waals surface area contributed by atoms with Crippen LogP contribution >= 0.6 is 11.6 Å². The molecule has 3 saturated carbocycles. The van der Waals surface area contributed by atoms with E-state index in [-0.39, 0.29) is 30.6 Å². The van der Waals surface area contributed by atoms with E-state index in [1.54, 1.807) is 12.1 Å². The molecule has 52 heavy (non-hydrogen) atoms. The van der Waals surface area contributed by atoms with E-state index in [1.807, 2.05) is 36.4 Å². The number of allylic oxidation sites excluding steroid dienone is 1. The van der Waals surface area contributed by atoms with Crippen molar-refractivity contribution in [3.05, 3.63) is 88.2 Å². The number of anilines is 1. The molecule has 0 bridgehead atoms. The zero-order chi connectivity index (χ0) is 37.5. The van der Waals surface area contributed by atoms with Gasteiger partial charge in [-0.1, -0.05) is 68.8 Å². The van der Waals surface area contributed by atoms with Crippen LogP contribution in [0.4, 0.5) is 27.6 Å². The minimum Gasteiger partial charge on any atom is -0.385 e. The van der Waals surface area contributed by atoms with E-state index < -0.39 is 52.8 Å². The highest BCUT2D eigenvalue weighted by Crippen LogP contribution is 2.71. The molecular weight excluding hydrogens is 703 g/mol. The molecule has 1 aliphatic heterocycles. The molecular formula is C40H48ClF5N2O4. The first-order chi connectivity index (χ1) is 24.2. The Kier molecular flexibility index (Phi) is 9.17. The molecule has 1 heterocycles. The Hall–Kier alpha value is -2.70. The summed E-state index contributed by atoms with van der Waals surface area (Å²) in [5.74, 6) is -7.26. The lowest BCUT2D eigenvalue weighted by molar-refractivity contribution is -0.362. The molecule has 4 aliphatic carbocycles. The minimum atomic E-state index is -5.91. The van der Waals surface area contributed by atoms with E-state index in [0.717, 1.165) is 28.0 Å². The van der Waals surface area contributed by atoms with E-state index >= 15 is 8.78 Å². The third-order valence-corrected chi connectivity index (χ3v) is 13.2. The van der Waals surface area contributed by atoms with E-state index in [0.29, 0.717) is 56.3 Å². The van der Waals surface area contributed by atoms with Gasteiger partial charge in [0.15, 0.2) is 5.79 Å². The quantitative estimate of drug-likeness (QED) is 0.167. The van der Waals surface area contributed by atoms with Gasteiger partial charge in [0.05, 0.1) is 24.6 Å². The maximum atomic E-state index is 15.5. The fourth-order valence-corrected chi connectivity index (χ4v) is 10.3. The minimum absolute atomic E-state index is 0.0368. The fraction of sp³-hybridized carbons (Fsp3) is 0.600. The Morgan fingerprint density at radius 3 is 2.21 bits per heavy atom. The second kappa shape index (κ2) is 12.7. The van der Waals surface area contributed by atoms with Gasteiger partial charge in [-0.25, -0.2) is 0 Å². The van der Waals surface area contributed by atoms with Crippen molar-refractivity contribution in [2.75, 3.05) is 18.5 Å².